The fourth-order valence-corrected chi connectivity index (χ4v) is 4.26. The fraction of sp³-hybridized carbons (Fsp3) is 0.174. The molecule has 0 saturated carbocycles. The summed E-state index contributed by atoms with van der Waals surface area (Å²) in [4.78, 5) is 39.5. The van der Waals surface area contributed by atoms with Crippen molar-refractivity contribution >= 4 is 45.9 Å². The van der Waals surface area contributed by atoms with Gasteiger partial charge in [0.25, 0.3) is 17.6 Å². The number of thioether (sulfide) groups is 1. The van der Waals surface area contributed by atoms with Gasteiger partial charge in [-0.2, -0.15) is 8.78 Å². The summed E-state index contributed by atoms with van der Waals surface area (Å²) in [5.74, 6) is -3.73. The predicted molar refractivity (Wildman–Crippen MR) is 115 cm³/mol. The van der Waals surface area contributed by atoms with E-state index in [1.807, 2.05) is 12.1 Å². The summed E-state index contributed by atoms with van der Waals surface area (Å²) in [6.45, 7) is 0.0865. The van der Waals surface area contributed by atoms with Crippen LogP contribution in [0.3, 0.4) is 0 Å². The van der Waals surface area contributed by atoms with Crippen LogP contribution < -0.4 is 5.32 Å². The van der Waals surface area contributed by atoms with Crippen molar-refractivity contribution in [3.8, 4) is 0 Å². The number of amides is 3. The van der Waals surface area contributed by atoms with Crippen LogP contribution in [0.4, 0.5) is 14.5 Å². The van der Waals surface area contributed by atoms with Gasteiger partial charge in [-0.05, 0) is 36.1 Å². The van der Waals surface area contributed by atoms with Gasteiger partial charge in [0.15, 0.2) is 0 Å². The first-order chi connectivity index (χ1) is 15.0. The molecule has 4 rings (SSSR count). The molecule has 0 atom stereocenters. The van der Waals surface area contributed by atoms with Gasteiger partial charge in [-0.15, -0.1) is 0 Å². The van der Waals surface area contributed by atoms with E-state index in [1.165, 1.54) is 6.07 Å². The molecule has 1 aliphatic heterocycles. The summed E-state index contributed by atoms with van der Waals surface area (Å²) in [6.07, 6.45) is 0.294. The SMILES string of the molecule is O=C(CCCN1C(=O)c2cccc3cccc(c23)C1=O)Nc1ccccc1SC(F)F. The van der Waals surface area contributed by atoms with Crippen molar-refractivity contribution < 1.29 is 23.2 Å². The first kappa shape index (κ1) is 21.0. The summed E-state index contributed by atoms with van der Waals surface area (Å²) in [6, 6.07) is 17.0. The minimum Gasteiger partial charge on any atom is -0.325 e. The molecule has 0 bridgehead atoms. The largest absolute Gasteiger partial charge is 0.325 e. The van der Waals surface area contributed by atoms with E-state index in [2.05, 4.69) is 5.32 Å². The maximum atomic E-state index is 12.9. The Hall–Kier alpha value is -3.26. The van der Waals surface area contributed by atoms with Gasteiger partial charge in [-0.3, -0.25) is 19.3 Å². The Morgan fingerprint density at radius 2 is 1.58 bits per heavy atom. The maximum absolute atomic E-state index is 12.9. The second kappa shape index (κ2) is 8.85. The Labute approximate surface area is 181 Å². The number of hydrogen-bond acceptors (Lipinski definition) is 4. The van der Waals surface area contributed by atoms with E-state index in [-0.39, 0.29) is 42.0 Å². The fourth-order valence-electron chi connectivity index (χ4n) is 3.66. The monoisotopic (exact) mass is 440 g/mol. The third-order valence-electron chi connectivity index (χ3n) is 5.02. The molecular weight excluding hydrogens is 422 g/mol. The van der Waals surface area contributed by atoms with Crippen LogP contribution in [0.2, 0.25) is 0 Å². The van der Waals surface area contributed by atoms with Gasteiger partial charge in [0.2, 0.25) is 5.91 Å². The molecule has 0 unspecified atom stereocenters. The molecule has 3 aromatic carbocycles. The molecule has 158 valence electrons. The highest BCUT2D eigenvalue weighted by Gasteiger charge is 2.32. The predicted octanol–water partition coefficient (Wildman–Crippen LogP) is 5.17. The van der Waals surface area contributed by atoms with Crippen LogP contribution in [0.15, 0.2) is 65.6 Å². The Bertz CT molecular complexity index is 1130. The average Bonchev–Trinajstić information content (AvgIpc) is 2.75. The van der Waals surface area contributed by atoms with Crippen LogP contribution in [0.25, 0.3) is 10.8 Å². The maximum Gasteiger partial charge on any atom is 0.288 e. The number of nitrogens with one attached hydrogen (secondary N) is 1. The Morgan fingerprint density at radius 1 is 0.935 bits per heavy atom. The molecule has 1 aliphatic rings. The molecule has 8 heteroatoms. The van der Waals surface area contributed by atoms with Gasteiger partial charge in [-0.25, -0.2) is 0 Å². The van der Waals surface area contributed by atoms with E-state index in [1.54, 1.807) is 42.5 Å². The zero-order valence-electron chi connectivity index (χ0n) is 16.3. The molecule has 31 heavy (non-hydrogen) atoms. The summed E-state index contributed by atoms with van der Waals surface area (Å²) >= 11 is 0.360. The van der Waals surface area contributed by atoms with E-state index in [0.29, 0.717) is 34.0 Å². The number of rotatable bonds is 7. The van der Waals surface area contributed by atoms with Crippen molar-refractivity contribution in [1.29, 1.82) is 0 Å². The number of alkyl halides is 2. The van der Waals surface area contributed by atoms with Gasteiger partial charge in [0.1, 0.15) is 0 Å². The molecule has 5 nitrogen and oxygen atoms in total. The number of carbonyl (C=O) groups is 3. The van der Waals surface area contributed by atoms with Crippen LogP contribution >= 0.6 is 11.8 Å². The summed E-state index contributed by atoms with van der Waals surface area (Å²) in [5, 5.41) is 4.11. The van der Waals surface area contributed by atoms with E-state index in [4.69, 9.17) is 0 Å². The van der Waals surface area contributed by atoms with E-state index >= 15 is 0 Å². The van der Waals surface area contributed by atoms with Crippen molar-refractivity contribution in [3.63, 3.8) is 0 Å². The summed E-state index contributed by atoms with van der Waals surface area (Å²) in [5.41, 5.74) is 1.24. The van der Waals surface area contributed by atoms with Crippen molar-refractivity contribution in [2.45, 2.75) is 23.5 Å². The lowest BCUT2D eigenvalue weighted by Crippen LogP contribution is -2.41. The van der Waals surface area contributed by atoms with Gasteiger partial charge in [0.05, 0.1) is 5.69 Å². The van der Waals surface area contributed by atoms with Gasteiger partial charge in [0, 0.05) is 34.4 Å². The van der Waals surface area contributed by atoms with Crippen LogP contribution in [-0.4, -0.2) is 34.9 Å². The van der Waals surface area contributed by atoms with Gasteiger partial charge in [-0.1, -0.05) is 48.2 Å². The number of hydrogen-bond donors (Lipinski definition) is 1. The number of halogens is 2. The van der Waals surface area contributed by atoms with Crippen molar-refractivity contribution in [1.82, 2.24) is 4.90 Å². The van der Waals surface area contributed by atoms with Crippen molar-refractivity contribution in [3.05, 3.63) is 71.8 Å². The number of anilines is 1. The first-order valence-corrected chi connectivity index (χ1v) is 10.6. The number of nitrogens with zero attached hydrogens (tertiary/aromatic N) is 1. The van der Waals surface area contributed by atoms with E-state index < -0.39 is 5.76 Å². The minimum atomic E-state index is -2.60. The van der Waals surface area contributed by atoms with Crippen molar-refractivity contribution in [2.75, 3.05) is 11.9 Å². The topological polar surface area (TPSA) is 66.5 Å². The molecule has 1 N–H and O–H groups in total. The lowest BCUT2D eigenvalue weighted by molar-refractivity contribution is -0.116. The third-order valence-corrected chi connectivity index (χ3v) is 5.81. The highest BCUT2D eigenvalue weighted by atomic mass is 32.2. The van der Waals surface area contributed by atoms with Gasteiger partial charge >= 0.3 is 0 Å². The second-order valence-corrected chi connectivity index (χ2v) is 8.03. The molecule has 1 heterocycles. The smallest absolute Gasteiger partial charge is 0.288 e. The highest BCUT2D eigenvalue weighted by molar-refractivity contribution is 7.99. The molecular formula is C23H18F2N2O3S. The summed E-state index contributed by atoms with van der Waals surface area (Å²) in [7, 11) is 0. The third kappa shape index (κ3) is 4.29. The minimum absolute atomic E-state index is 0.0383. The van der Waals surface area contributed by atoms with E-state index in [0.717, 1.165) is 10.3 Å². The van der Waals surface area contributed by atoms with Crippen LogP contribution in [0, 0.1) is 0 Å². The number of imide groups is 1. The number of carbonyl (C=O) groups excluding carboxylic acids is 3. The average molecular weight is 440 g/mol. The lowest BCUT2D eigenvalue weighted by Gasteiger charge is -2.27. The van der Waals surface area contributed by atoms with Crippen molar-refractivity contribution in [2.24, 2.45) is 0 Å². The zero-order valence-corrected chi connectivity index (χ0v) is 17.1. The molecule has 0 aliphatic carbocycles. The normalized spacial score (nSPS) is 13.2. The second-order valence-electron chi connectivity index (χ2n) is 7.00. The van der Waals surface area contributed by atoms with Crippen LogP contribution in [-0.2, 0) is 4.79 Å². The highest BCUT2D eigenvalue weighted by Crippen LogP contribution is 2.32. The molecule has 0 fully saturated rings. The van der Waals surface area contributed by atoms with E-state index in [9.17, 15) is 23.2 Å². The Morgan fingerprint density at radius 3 is 2.23 bits per heavy atom. The van der Waals surface area contributed by atoms with Crippen LogP contribution in [0.5, 0.6) is 0 Å². The molecule has 0 radical (unpaired) electrons. The molecule has 3 aromatic rings. The zero-order chi connectivity index (χ0) is 22.0. The standard InChI is InChI=1S/C23H18F2N2O3S/c24-23(25)31-18-11-2-1-10-17(18)26-19(28)12-5-13-27-21(29)15-8-3-6-14-7-4-9-16(20(14)15)22(27)30/h1-4,6-11,23H,5,12-13H2,(H,26,28). The Kier molecular flexibility index (Phi) is 5.99. The molecule has 3 amide bonds. The molecule has 0 saturated heterocycles. The molecule has 0 aromatic heterocycles. The first-order valence-electron chi connectivity index (χ1n) is 9.67. The quantitative estimate of drug-likeness (QED) is 0.407. The van der Waals surface area contributed by atoms with Crippen LogP contribution in [0.1, 0.15) is 33.6 Å². The summed E-state index contributed by atoms with van der Waals surface area (Å²) < 4.78 is 25.4. The number of para-hydroxylation sites is 1. The lowest BCUT2D eigenvalue weighted by atomic mass is 9.94. The Balaban J connectivity index is 1.41. The molecule has 0 spiro atoms. The van der Waals surface area contributed by atoms with Gasteiger partial charge < -0.3 is 5.32 Å². The number of benzene rings is 3.